The van der Waals surface area contributed by atoms with Gasteiger partial charge >= 0.3 is 0 Å². The van der Waals surface area contributed by atoms with E-state index in [1.807, 2.05) is 31.1 Å². The average molecular weight is 665 g/mol. The van der Waals surface area contributed by atoms with Gasteiger partial charge in [-0.2, -0.15) is 0 Å². The second kappa shape index (κ2) is 13.2. The van der Waals surface area contributed by atoms with E-state index in [4.69, 9.17) is 0 Å². The van der Waals surface area contributed by atoms with Crippen LogP contribution in [0.25, 0.3) is 0 Å². The molecule has 2 aromatic rings. The number of amides is 2. The molecule has 3 fully saturated rings. The number of thiazole rings is 1. The zero-order chi connectivity index (χ0) is 32.2. The van der Waals surface area contributed by atoms with Crippen LogP contribution in [0.4, 0.5) is 8.78 Å². The third kappa shape index (κ3) is 7.57. The first kappa shape index (κ1) is 35.7. The van der Waals surface area contributed by atoms with E-state index < -0.39 is 28.9 Å². The summed E-state index contributed by atoms with van der Waals surface area (Å²) in [5, 5.41) is 2.80. The molecule has 250 valence electrons. The van der Waals surface area contributed by atoms with Crippen LogP contribution >= 0.6 is 23.7 Å². The lowest BCUT2D eigenvalue weighted by Gasteiger charge is -2.45. The Labute approximate surface area is 278 Å². The Morgan fingerprint density at radius 1 is 1.00 bits per heavy atom. The van der Waals surface area contributed by atoms with E-state index in [2.05, 4.69) is 49.4 Å². The molecule has 6 nitrogen and oxygen atoms in total. The molecule has 0 bridgehead atoms. The second-order valence-electron chi connectivity index (χ2n) is 16.1. The van der Waals surface area contributed by atoms with Gasteiger partial charge in [0.25, 0.3) is 0 Å². The van der Waals surface area contributed by atoms with E-state index in [0.29, 0.717) is 31.6 Å². The van der Waals surface area contributed by atoms with Gasteiger partial charge in [0.1, 0.15) is 16.6 Å². The van der Waals surface area contributed by atoms with Crippen LogP contribution in [0.2, 0.25) is 0 Å². The Kier molecular flexibility index (Phi) is 10.5. The fourth-order valence-corrected chi connectivity index (χ4v) is 8.27. The summed E-state index contributed by atoms with van der Waals surface area (Å²) in [6.07, 6.45) is 6.43. The summed E-state index contributed by atoms with van der Waals surface area (Å²) in [5.41, 5.74) is -0.130. The van der Waals surface area contributed by atoms with Gasteiger partial charge in [-0.15, -0.1) is 23.7 Å². The summed E-state index contributed by atoms with van der Waals surface area (Å²) < 4.78 is 29.1. The standard InChI is InChI=1S/C35H50F2N4O2S.ClH/c1-33(2,3)32(43)41(23-11-13-35(7,8)14-12-23)24-18-29(30-38-15-16-44-30)40(19-24)31(42)27-21-39(34(4,5)6)20-26(27)25-10-9-22(36)17-28(25)37;/h9-10,15-17,23-24,26-27,29H,11-14,18-21H2,1-8H3;1H/t24-,26-,27+,29+;/m0./s1. The number of likely N-dealkylation sites (tertiary alicyclic amines) is 2. The van der Waals surface area contributed by atoms with Gasteiger partial charge in [-0.25, -0.2) is 13.8 Å². The molecule has 3 aliphatic rings. The molecule has 0 spiro atoms. The van der Waals surface area contributed by atoms with Crippen molar-refractivity contribution in [3.63, 3.8) is 0 Å². The highest BCUT2D eigenvalue weighted by molar-refractivity contribution is 7.09. The summed E-state index contributed by atoms with van der Waals surface area (Å²) in [7, 11) is 0. The summed E-state index contributed by atoms with van der Waals surface area (Å²) >= 11 is 1.53. The van der Waals surface area contributed by atoms with Gasteiger partial charge < -0.3 is 9.80 Å². The zero-order valence-corrected chi connectivity index (χ0v) is 29.7. The SMILES string of the molecule is CC1(C)CCC(N(C(=O)C(C)(C)C)[C@H]2C[C@H](c3nccs3)N(C(=O)[C@@H]3CN(C(C)(C)C)C[C@H]3c3ccc(F)cc3F)C2)CC1.Cl. The number of carbonyl (C=O) groups is 2. The van der Waals surface area contributed by atoms with Gasteiger partial charge in [-0.3, -0.25) is 14.5 Å². The molecule has 1 aromatic heterocycles. The molecule has 0 N–H and O–H groups in total. The minimum Gasteiger partial charge on any atom is -0.334 e. The highest BCUT2D eigenvalue weighted by Gasteiger charge is 2.50. The summed E-state index contributed by atoms with van der Waals surface area (Å²) in [6, 6.07) is 3.45. The molecule has 3 heterocycles. The summed E-state index contributed by atoms with van der Waals surface area (Å²) in [5.74, 6) is -2.06. The van der Waals surface area contributed by atoms with E-state index in [-0.39, 0.29) is 53.3 Å². The minimum atomic E-state index is -0.624. The highest BCUT2D eigenvalue weighted by Crippen LogP contribution is 2.45. The van der Waals surface area contributed by atoms with Crippen molar-refractivity contribution in [1.82, 2.24) is 19.7 Å². The first-order chi connectivity index (χ1) is 20.5. The Hall–Kier alpha value is -2.10. The van der Waals surface area contributed by atoms with Crippen LogP contribution in [0.3, 0.4) is 0 Å². The molecule has 2 aliphatic heterocycles. The van der Waals surface area contributed by atoms with Crippen LogP contribution in [-0.2, 0) is 9.59 Å². The summed E-state index contributed by atoms with van der Waals surface area (Å²) in [4.78, 5) is 39.8. The fourth-order valence-electron chi connectivity index (χ4n) is 7.50. The second-order valence-corrected chi connectivity index (χ2v) is 17.0. The van der Waals surface area contributed by atoms with Crippen molar-refractivity contribution >= 4 is 35.6 Å². The van der Waals surface area contributed by atoms with Crippen LogP contribution in [0.15, 0.2) is 29.8 Å². The Morgan fingerprint density at radius 2 is 1.67 bits per heavy atom. The van der Waals surface area contributed by atoms with Crippen molar-refractivity contribution in [2.75, 3.05) is 19.6 Å². The number of rotatable bonds is 5. The number of hydrogen-bond donors (Lipinski definition) is 0. The van der Waals surface area contributed by atoms with Crippen molar-refractivity contribution in [1.29, 1.82) is 0 Å². The number of halogens is 3. The molecule has 45 heavy (non-hydrogen) atoms. The van der Waals surface area contributed by atoms with E-state index in [0.717, 1.165) is 36.8 Å². The van der Waals surface area contributed by atoms with Crippen LogP contribution in [0.1, 0.15) is 110 Å². The average Bonchev–Trinajstić information content (AvgIpc) is 3.68. The molecule has 1 aromatic carbocycles. The van der Waals surface area contributed by atoms with Crippen molar-refractivity contribution in [2.24, 2.45) is 16.7 Å². The topological polar surface area (TPSA) is 56.8 Å². The molecule has 2 amide bonds. The van der Waals surface area contributed by atoms with Gasteiger partial charge in [-0.05, 0) is 69.9 Å². The molecule has 1 aliphatic carbocycles. The first-order valence-corrected chi connectivity index (χ1v) is 17.1. The molecule has 1 saturated carbocycles. The maximum atomic E-state index is 15.2. The number of hydrogen-bond acceptors (Lipinski definition) is 5. The Balaban J connectivity index is 0.00000461. The quantitative estimate of drug-likeness (QED) is 0.327. The van der Waals surface area contributed by atoms with E-state index in [9.17, 15) is 14.0 Å². The van der Waals surface area contributed by atoms with Crippen LogP contribution in [0.5, 0.6) is 0 Å². The smallest absolute Gasteiger partial charge is 0.228 e. The van der Waals surface area contributed by atoms with E-state index in [1.165, 1.54) is 23.5 Å². The van der Waals surface area contributed by atoms with Gasteiger partial charge in [-0.1, -0.05) is 40.7 Å². The number of aromatic nitrogens is 1. The van der Waals surface area contributed by atoms with Crippen LogP contribution < -0.4 is 0 Å². The Morgan fingerprint density at radius 3 is 2.22 bits per heavy atom. The van der Waals surface area contributed by atoms with Crippen molar-refractivity contribution in [3.05, 3.63) is 52.0 Å². The third-order valence-electron chi connectivity index (χ3n) is 10.2. The Bertz CT molecular complexity index is 1350. The molecule has 5 rings (SSSR count). The van der Waals surface area contributed by atoms with Gasteiger partial charge in [0, 0.05) is 60.2 Å². The van der Waals surface area contributed by atoms with Crippen molar-refractivity contribution in [3.8, 4) is 0 Å². The largest absolute Gasteiger partial charge is 0.334 e. The monoisotopic (exact) mass is 664 g/mol. The van der Waals surface area contributed by atoms with Gasteiger partial charge in [0.15, 0.2) is 0 Å². The lowest BCUT2D eigenvalue weighted by atomic mass is 9.74. The molecule has 4 atom stereocenters. The first-order valence-electron chi connectivity index (χ1n) is 16.2. The molecule has 0 unspecified atom stereocenters. The van der Waals surface area contributed by atoms with Gasteiger partial charge in [0.05, 0.1) is 18.0 Å². The summed E-state index contributed by atoms with van der Waals surface area (Å²) in [6.45, 7) is 18.3. The van der Waals surface area contributed by atoms with Crippen molar-refractivity contribution < 1.29 is 18.4 Å². The highest BCUT2D eigenvalue weighted by atomic mass is 35.5. The van der Waals surface area contributed by atoms with Crippen molar-refractivity contribution in [2.45, 2.75) is 117 Å². The number of benzene rings is 1. The number of carbonyl (C=O) groups excluding carboxylic acids is 2. The van der Waals surface area contributed by atoms with Crippen LogP contribution in [0, 0.1) is 28.4 Å². The molecule has 10 heteroatoms. The maximum absolute atomic E-state index is 15.2. The fraction of sp³-hybridized carbons (Fsp3) is 0.686. The molecular weight excluding hydrogens is 614 g/mol. The third-order valence-corrected chi connectivity index (χ3v) is 11.1. The predicted octanol–water partition coefficient (Wildman–Crippen LogP) is 7.84. The normalized spacial score (nSPS) is 26.1. The molecule has 0 radical (unpaired) electrons. The molecule has 2 saturated heterocycles. The zero-order valence-electron chi connectivity index (χ0n) is 28.1. The minimum absolute atomic E-state index is 0. The van der Waals surface area contributed by atoms with E-state index >= 15 is 4.39 Å². The maximum Gasteiger partial charge on any atom is 0.228 e. The lowest BCUT2D eigenvalue weighted by Crippen LogP contribution is -2.54. The van der Waals surface area contributed by atoms with E-state index in [1.54, 1.807) is 6.20 Å². The lowest BCUT2D eigenvalue weighted by molar-refractivity contribution is -0.147. The number of nitrogens with zero attached hydrogens (tertiary/aromatic N) is 4. The van der Waals surface area contributed by atoms with Crippen LogP contribution in [-0.4, -0.2) is 68.8 Å². The van der Waals surface area contributed by atoms with Gasteiger partial charge in [0.2, 0.25) is 11.8 Å². The predicted molar refractivity (Wildman–Crippen MR) is 178 cm³/mol. The molecular formula is C35H51ClF2N4O2S.